The van der Waals surface area contributed by atoms with Crippen LogP contribution in [0, 0.1) is 18.7 Å². The fourth-order valence-corrected chi connectivity index (χ4v) is 2.61. The molecule has 0 radical (unpaired) electrons. The Morgan fingerprint density at radius 3 is 2.52 bits per heavy atom. The SMILES string of the molecule is CNC(C)C(c1nc(-c2ccc(F)cc2C)no1)C(C)C. The number of aromatic nitrogens is 2. The zero-order valence-corrected chi connectivity index (χ0v) is 13.1. The molecule has 0 aliphatic rings. The maximum atomic E-state index is 13.2. The van der Waals surface area contributed by atoms with Gasteiger partial charge in [-0.15, -0.1) is 0 Å². The molecule has 4 nitrogen and oxygen atoms in total. The smallest absolute Gasteiger partial charge is 0.231 e. The van der Waals surface area contributed by atoms with Crippen LogP contribution in [0.3, 0.4) is 0 Å². The summed E-state index contributed by atoms with van der Waals surface area (Å²) in [6.45, 7) is 8.19. The molecule has 2 atom stereocenters. The largest absolute Gasteiger partial charge is 0.339 e. The van der Waals surface area contributed by atoms with Crippen molar-refractivity contribution in [3.8, 4) is 11.4 Å². The molecule has 114 valence electrons. The molecule has 0 saturated carbocycles. The normalized spacial score (nSPS) is 14.4. The van der Waals surface area contributed by atoms with E-state index in [4.69, 9.17) is 4.52 Å². The van der Waals surface area contributed by atoms with Gasteiger partial charge in [0.1, 0.15) is 5.82 Å². The van der Waals surface area contributed by atoms with Gasteiger partial charge in [0, 0.05) is 11.6 Å². The van der Waals surface area contributed by atoms with E-state index in [1.807, 2.05) is 14.0 Å². The Hall–Kier alpha value is -1.75. The molecule has 1 aromatic carbocycles. The summed E-state index contributed by atoms with van der Waals surface area (Å²) in [4.78, 5) is 4.52. The van der Waals surface area contributed by atoms with Gasteiger partial charge in [0.2, 0.25) is 11.7 Å². The lowest BCUT2D eigenvalue weighted by molar-refractivity contribution is 0.286. The van der Waals surface area contributed by atoms with Gasteiger partial charge in [0.05, 0.1) is 5.92 Å². The van der Waals surface area contributed by atoms with Crippen LogP contribution in [0.5, 0.6) is 0 Å². The van der Waals surface area contributed by atoms with Crippen LogP contribution < -0.4 is 5.32 Å². The number of nitrogens with zero attached hydrogens (tertiary/aromatic N) is 2. The van der Waals surface area contributed by atoms with Crippen LogP contribution in [0.2, 0.25) is 0 Å². The summed E-state index contributed by atoms with van der Waals surface area (Å²) in [5.74, 6) is 1.37. The van der Waals surface area contributed by atoms with Crippen molar-refractivity contribution in [3.05, 3.63) is 35.5 Å². The van der Waals surface area contributed by atoms with Gasteiger partial charge in [-0.3, -0.25) is 0 Å². The van der Waals surface area contributed by atoms with E-state index in [-0.39, 0.29) is 17.8 Å². The molecule has 21 heavy (non-hydrogen) atoms. The van der Waals surface area contributed by atoms with E-state index in [9.17, 15) is 4.39 Å². The molecular formula is C16H22FN3O. The molecule has 0 amide bonds. The molecule has 2 unspecified atom stereocenters. The van der Waals surface area contributed by atoms with E-state index in [2.05, 4.69) is 36.2 Å². The highest BCUT2D eigenvalue weighted by Crippen LogP contribution is 2.29. The minimum absolute atomic E-state index is 0.136. The quantitative estimate of drug-likeness (QED) is 0.915. The van der Waals surface area contributed by atoms with Crippen molar-refractivity contribution < 1.29 is 8.91 Å². The Morgan fingerprint density at radius 1 is 1.24 bits per heavy atom. The highest BCUT2D eigenvalue weighted by Gasteiger charge is 2.27. The summed E-state index contributed by atoms with van der Waals surface area (Å²) >= 11 is 0. The Balaban J connectivity index is 2.36. The molecule has 0 aliphatic heterocycles. The number of rotatable bonds is 5. The van der Waals surface area contributed by atoms with Crippen LogP contribution in [0.4, 0.5) is 4.39 Å². The summed E-state index contributed by atoms with van der Waals surface area (Å²) in [5, 5.41) is 7.30. The topological polar surface area (TPSA) is 51.0 Å². The molecule has 0 bridgehead atoms. The van der Waals surface area contributed by atoms with Gasteiger partial charge in [-0.05, 0) is 50.6 Å². The molecule has 1 N–H and O–H groups in total. The second kappa shape index (κ2) is 6.35. The van der Waals surface area contributed by atoms with Gasteiger partial charge >= 0.3 is 0 Å². The van der Waals surface area contributed by atoms with Gasteiger partial charge in [-0.1, -0.05) is 19.0 Å². The fourth-order valence-electron chi connectivity index (χ4n) is 2.61. The van der Waals surface area contributed by atoms with Crippen molar-refractivity contribution in [2.24, 2.45) is 5.92 Å². The monoisotopic (exact) mass is 291 g/mol. The van der Waals surface area contributed by atoms with Gasteiger partial charge in [0.25, 0.3) is 0 Å². The molecule has 2 aromatic rings. The Bertz CT molecular complexity index is 609. The molecule has 5 heteroatoms. The average Bonchev–Trinajstić information content (AvgIpc) is 2.87. The lowest BCUT2D eigenvalue weighted by Crippen LogP contribution is -2.32. The highest BCUT2D eigenvalue weighted by molar-refractivity contribution is 5.59. The minimum atomic E-state index is -0.260. The number of hydrogen-bond acceptors (Lipinski definition) is 4. The molecule has 0 fully saturated rings. The van der Waals surface area contributed by atoms with Crippen LogP contribution in [0.1, 0.15) is 38.1 Å². The van der Waals surface area contributed by atoms with E-state index in [1.54, 1.807) is 6.07 Å². The molecule has 2 rings (SSSR count). The van der Waals surface area contributed by atoms with Gasteiger partial charge in [0.15, 0.2) is 0 Å². The van der Waals surface area contributed by atoms with Crippen molar-refractivity contribution in [1.29, 1.82) is 0 Å². The first-order valence-corrected chi connectivity index (χ1v) is 7.21. The maximum absolute atomic E-state index is 13.2. The lowest BCUT2D eigenvalue weighted by Gasteiger charge is -2.23. The van der Waals surface area contributed by atoms with Crippen LogP contribution in [-0.2, 0) is 0 Å². The van der Waals surface area contributed by atoms with Crippen LogP contribution in [0.15, 0.2) is 22.7 Å². The second-order valence-electron chi connectivity index (χ2n) is 5.76. The number of likely N-dealkylation sites (N-methyl/N-ethyl adjacent to an activating group) is 1. The number of benzene rings is 1. The molecule has 1 aromatic heterocycles. The Kier molecular flexibility index (Phi) is 4.73. The van der Waals surface area contributed by atoms with Crippen molar-refractivity contribution >= 4 is 0 Å². The van der Waals surface area contributed by atoms with Crippen molar-refractivity contribution in [2.45, 2.75) is 39.7 Å². The molecule has 0 spiro atoms. The number of aryl methyl sites for hydroxylation is 1. The minimum Gasteiger partial charge on any atom is -0.339 e. The zero-order valence-electron chi connectivity index (χ0n) is 13.1. The van der Waals surface area contributed by atoms with Crippen LogP contribution in [-0.4, -0.2) is 23.2 Å². The first kappa shape index (κ1) is 15.6. The highest BCUT2D eigenvalue weighted by atomic mass is 19.1. The summed E-state index contributed by atoms with van der Waals surface area (Å²) in [5.41, 5.74) is 1.59. The van der Waals surface area contributed by atoms with Gasteiger partial charge in [-0.2, -0.15) is 4.98 Å². The first-order chi connectivity index (χ1) is 9.93. The van der Waals surface area contributed by atoms with E-state index in [1.165, 1.54) is 12.1 Å². The third kappa shape index (κ3) is 3.29. The molecule has 1 heterocycles. The summed E-state index contributed by atoms with van der Waals surface area (Å²) in [7, 11) is 1.92. The van der Waals surface area contributed by atoms with E-state index >= 15 is 0 Å². The molecule has 0 aliphatic carbocycles. The first-order valence-electron chi connectivity index (χ1n) is 7.21. The standard InChI is InChI=1S/C16H22FN3O/c1-9(2)14(11(4)18-5)16-19-15(20-21-16)13-7-6-12(17)8-10(13)3/h6-9,11,14,18H,1-5H3. The second-order valence-corrected chi connectivity index (χ2v) is 5.76. The van der Waals surface area contributed by atoms with E-state index in [0.717, 1.165) is 11.1 Å². The number of hydrogen-bond donors (Lipinski definition) is 1. The van der Waals surface area contributed by atoms with Gasteiger partial charge < -0.3 is 9.84 Å². The van der Waals surface area contributed by atoms with E-state index < -0.39 is 0 Å². The maximum Gasteiger partial charge on any atom is 0.231 e. The summed E-state index contributed by atoms with van der Waals surface area (Å²) in [6, 6.07) is 4.80. The van der Waals surface area contributed by atoms with Crippen molar-refractivity contribution in [2.75, 3.05) is 7.05 Å². The Labute approximate surface area is 124 Å². The summed E-state index contributed by atoms with van der Waals surface area (Å²) < 4.78 is 18.6. The third-order valence-electron chi connectivity index (χ3n) is 3.87. The lowest BCUT2D eigenvalue weighted by atomic mass is 9.89. The number of halogens is 1. The predicted octanol–water partition coefficient (Wildman–Crippen LogP) is 3.53. The van der Waals surface area contributed by atoms with Crippen LogP contribution >= 0.6 is 0 Å². The summed E-state index contributed by atoms with van der Waals surface area (Å²) in [6.07, 6.45) is 0. The van der Waals surface area contributed by atoms with E-state index in [0.29, 0.717) is 17.6 Å². The average molecular weight is 291 g/mol. The Morgan fingerprint density at radius 2 is 1.95 bits per heavy atom. The predicted molar refractivity (Wildman–Crippen MR) is 80.5 cm³/mol. The molecular weight excluding hydrogens is 269 g/mol. The fraction of sp³-hybridized carbons (Fsp3) is 0.500. The van der Waals surface area contributed by atoms with Crippen molar-refractivity contribution in [1.82, 2.24) is 15.5 Å². The zero-order chi connectivity index (χ0) is 15.6. The molecule has 0 saturated heterocycles. The van der Waals surface area contributed by atoms with Gasteiger partial charge in [-0.25, -0.2) is 4.39 Å². The van der Waals surface area contributed by atoms with Crippen molar-refractivity contribution in [3.63, 3.8) is 0 Å². The van der Waals surface area contributed by atoms with Crippen LogP contribution in [0.25, 0.3) is 11.4 Å². The third-order valence-corrected chi connectivity index (χ3v) is 3.87. The number of nitrogens with one attached hydrogen (secondary N) is 1.